The summed E-state index contributed by atoms with van der Waals surface area (Å²) >= 11 is 1.82. The van der Waals surface area contributed by atoms with Crippen LogP contribution in [0, 0.1) is 0 Å². The van der Waals surface area contributed by atoms with Crippen LogP contribution in [0.3, 0.4) is 0 Å². The highest BCUT2D eigenvalue weighted by molar-refractivity contribution is 7.09. The van der Waals surface area contributed by atoms with Crippen LogP contribution in [0.5, 0.6) is 0 Å². The minimum absolute atomic E-state index is 0.399. The third kappa shape index (κ3) is 3.18. The molecule has 1 aliphatic carbocycles. The Morgan fingerprint density at radius 2 is 2.15 bits per heavy atom. The van der Waals surface area contributed by atoms with Gasteiger partial charge in [0, 0.05) is 28.6 Å². The van der Waals surface area contributed by atoms with Crippen LogP contribution < -0.4 is 5.32 Å². The molecule has 106 valence electrons. The fourth-order valence-electron chi connectivity index (χ4n) is 2.84. The van der Waals surface area contributed by atoms with E-state index in [1.54, 1.807) is 6.33 Å². The molecule has 2 heterocycles. The first-order valence-corrected chi connectivity index (χ1v) is 8.32. The molecule has 1 aliphatic rings. The molecule has 1 unspecified atom stereocenters. The molecule has 0 saturated heterocycles. The van der Waals surface area contributed by atoms with Crippen LogP contribution in [0.25, 0.3) is 0 Å². The summed E-state index contributed by atoms with van der Waals surface area (Å²) in [4.78, 5) is 10.4. The summed E-state index contributed by atoms with van der Waals surface area (Å²) in [6, 6.07) is 4.71. The van der Waals surface area contributed by atoms with Crippen molar-refractivity contribution in [2.24, 2.45) is 0 Å². The van der Waals surface area contributed by atoms with Gasteiger partial charge in [0.1, 0.15) is 12.1 Å². The molecule has 20 heavy (non-hydrogen) atoms. The van der Waals surface area contributed by atoms with Crippen molar-refractivity contribution in [3.05, 3.63) is 40.0 Å². The smallest absolute Gasteiger partial charge is 0.133 e. The second-order valence-corrected chi connectivity index (χ2v) is 6.57. The van der Waals surface area contributed by atoms with E-state index in [0.717, 1.165) is 25.1 Å². The van der Waals surface area contributed by atoms with Gasteiger partial charge in [0.2, 0.25) is 0 Å². The van der Waals surface area contributed by atoms with Crippen LogP contribution in [-0.2, 0) is 19.3 Å². The summed E-state index contributed by atoms with van der Waals surface area (Å²) < 4.78 is 0. The van der Waals surface area contributed by atoms with Crippen molar-refractivity contribution >= 4 is 17.2 Å². The number of hydrogen-bond donors (Lipinski definition) is 1. The van der Waals surface area contributed by atoms with Crippen molar-refractivity contribution in [3.63, 3.8) is 0 Å². The Morgan fingerprint density at radius 3 is 3.00 bits per heavy atom. The number of fused-ring (bicyclic) bond motifs is 1. The number of rotatable bonds is 4. The van der Waals surface area contributed by atoms with E-state index < -0.39 is 0 Å². The van der Waals surface area contributed by atoms with Crippen LogP contribution in [0.4, 0.5) is 5.82 Å². The Bertz CT molecular complexity index is 551. The number of anilines is 1. The summed E-state index contributed by atoms with van der Waals surface area (Å²) in [7, 11) is 0. The molecule has 0 fully saturated rings. The fourth-order valence-corrected chi connectivity index (χ4v) is 3.67. The van der Waals surface area contributed by atoms with Crippen LogP contribution in [-0.4, -0.2) is 16.0 Å². The van der Waals surface area contributed by atoms with Crippen molar-refractivity contribution in [2.45, 2.75) is 51.5 Å². The zero-order valence-corrected chi connectivity index (χ0v) is 12.7. The summed E-state index contributed by atoms with van der Waals surface area (Å²) in [5.41, 5.74) is 2.60. The van der Waals surface area contributed by atoms with Gasteiger partial charge in [-0.3, -0.25) is 0 Å². The fraction of sp³-hybridized carbons (Fsp3) is 0.500. The van der Waals surface area contributed by atoms with E-state index in [1.807, 2.05) is 11.3 Å². The molecule has 0 spiro atoms. The maximum atomic E-state index is 4.48. The van der Waals surface area contributed by atoms with Gasteiger partial charge in [-0.15, -0.1) is 11.3 Å². The molecule has 4 heteroatoms. The molecule has 0 bridgehead atoms. The van der Waals surface area contributed by atoms with E-state index in [0.29, 0.717) is 6.04 Å². The maximum Gasteiger partial charge on any atom is 0.133 e. The van der Waals surface area contributed by atoms with Crippen LogP contribution >= 0.6 is 11.3 Å². The van der Waals surface area contributed by atoms with Crippen molar-refractivity contribution < 1.29 is 0 Å². The Morgan fingerprint density at radius 1 is 1.25 bits per heavy atom. The Balaban J connectivity index is 1.73. The molecule has 0 radical (unpaired) electrons. The quantitative estimate of drug-likeness (QED) is 0.868. The summed E-state index contributed by atoms with van der Waals surface area (Å²) in [5, 5.41) is 5.73. The molecule has 2 aromatic rings. The highest BCUT2D eigenvalue weighted by Crippen LogP contribution is 2.24. The van der Waals surface area contributed by atoms with Gasteiger partial charge >= 0.3 is 0 Å². The Labute approximate surface area is 124 Å². The van der Waals surface area contributed by atoms with Crippen molar-refractivity contribution in [1.29, 1.82) is 0 Å². The molecule has 1 N–H and O–H groups in total. The third-order valence-corrected chi connectivity index (χ3v) is 4.74. The lowest BCUT2D eigenvalue weighted by Crippen LogP contribution is -2.20. The van der Waals surface area contributed by atoms with Gasteiger partial charge in [-0.05, 0) is 44.1 Å². The standard InChI is InChI=1S/C16H21N3S/c1-12(10-13-6-5-9-20-13)19-16-14-7-3-2-4-8-15(14)17-11-18-16/h5-6,9,11-12H,2-4,7-8,10H2,1H3,(H,17,18,19). The largest absolute Gasteiger partial charge is 0.367 e. The van der Waals surface area contributed by atoms with Gasteiger partial charge in [-0.1, -0.05) is 12.5 Å². The second kappa shape index (κ2) is 6.35. The second-order valence-electron chi connectivity index (χ2n) is 5.54. The van der Waals surface area contributed by atoms with Gasteiger partial charge < -0.3 is 5.32 Å². The molecule has 1 atom stereocenters. The average molecular weight is 287 g/mol. The third-order valence-electron chi connectivity index (χ3n) is 3.85. The monoisotopic (exact) mass is 287 g/mol. The molecular formula is C16H21N3S. The first kappa shape index (κ1) is 13.6. The SMILES string of the molecule is CC(Cc1cccs1)Nc1ncnc2c1CCCCC2. The van der Waals surface area contributed by atoms with Crippen molar-refractivity contribution in [2.75, 3.05) is 5.32 Å². The van der Waals surface area contributed by atoms with Crippen LogP contribution in [0.2, 0.25) is 0 Å². The molecule has 3 rings (SSSR count). The highest BCUT2D eigenvalue weighted by Gasteiger charge is 2.15. The topological polar surface area (TPSA) is 37.8 Å². The summed E-state index contributed by atoms with van der Waals surface area (Å²) in [6.45, 7) is 2.23. The Kier molecular flexibility index (Phi) is 4.31. The minimum Gasteiger partial charge on any atom is -0.367 e. The predicted octanol–water partition coefficient (Wildman–Crippen LogP) is 3.85. The number of nitrogens with one attached hydrogen (secondary N) is 1. The van der Waals surface area contributed by atoms with E-state index >= 15 is 0 Å². The lowest BCUT2D eigenvalue weighted by Gasteiger charge is -2.17. The normalized spacial score (nSPS) is 16.2. The summed E-state index contributed by atoms with van der Waals surface area (Å²) in [6.07, 6.45) is 8.81. The van der Waals surface area contributed by atoms with E-state index in [4.69, 9.17) is 0 Å². The molecule has 2 aromatic heterocycles. The zero-order chi connectivity index (χ0) is 13.8. The van der Waals surface area contributed by atoms with Gasteiger partial charge in [-0.2, -0.15) is 0 Å². The van der Waals surface area contributed by atoms with Crippen molar-refractivity contribution in [1.82, 2.24) is 9.97 Å². The lowest BCUT2D eigenvalue weighted by molar-refractivity contribution is 0.708. The molecule has 0 aromatic carbocycles. The van der Waals surface area contributed by atoms with Crippen LogP contribution in [0.15, 0.2) is 23.8 Å². The average Bonchev–Trinajstić information content (AvgIpc) is 2.81. The van der Waals surface area contributed by atoms with Crippen molar-refractivity contribution in [3.8, 4) is 0 Å². The first-order valence-electron chi connectivity index (χ1n) is 7.44. The van der Waals surface area contributed by atoms with E-state index in [9.17, 15) is 0 Å². The number of aromatic nitrogens is 2. The van der Waals surface area contributed by atoms with Gasteiger partial charge in [0.05, 0.1) is 0 Å². The Hall–Kier alpha value is -1.42. The number of thiophene rings is 1. The molecule has 0 aliphatic heterocycles. The molecule has 0 amide bonds. The maximum absolute atomic E-state index is 4.48. The lowest BCUT2D eigenvalue weighted by atomic mass is 10.1. The van der Waals surface area contributed by atoms with E-state index in [1.165, 1.54) is 35.4 Å². The minimum atomic E-state index is 0.399. The number of hydrogen-bond acceptors (Lipinski definition) is 4. The molecule has 3 nitrogen and oxygen atoms in total. The van der Waals surface area contributed by atoms with E-state index in [-0.39, 0.29) is 0 Å². The summed E-state index contributed by atoms with van der Waals surface area (Å²) in [5.74, 6) is 1.06. The van der Waals surface area contributed by atoms with Gasteiger partial charge in [0.15, 0.2) is 0 Å². The number of nitrogens with zero attached hydrogens (tertiary/aromatic N) is 2. The first-order chi connectivity index (χ1) is 9.83. The predicted molar refractivity (Wildman–Crippen MR) is 84.4 cm³/mol. The molecule has 0 saturated carbocycles. The van der Waals surface area contributed by atoms with Gasteiger partial charge in [-0.25, -0.2) is 9.97 Å². The van der Waals surface area contributed by atoms with Gasteiger partial charge in [0.25, 0.3) is 0 Å². The van der Waals surface area contributed by atoms with E-state index in [2.05, 4.69) is 39.7 Å². The zero-order valence-electron chi connectivity index (χ0n) is 11.9. The van der Waals surface area contributed by atoms with Crippen LogP contribution in [0.1, 0.15) is 42.3 Å². The highest BCUT2D eigenvalue weighted by atomic mass is 32.1. The number of aryl methyl sites for hydroxylation is 1. The molecular weight excluding hydrogens is 266 g/mol.